The third kappa shape index (κ3) is 7.00. The predicted molar refractivity (Wildman–Crippen MR) is 124 cm³/mol. The van der Waals surface area contributed by atoms with E-state index in [0.29, 0.717) is 24.1 Å². The second kappa shape index (κ2) is 10.7. The Morgan fingerprint density at radius 2 is 2.00 bits per heavy atom. The average molecular weight is 516 g/mol. The van der Waals surface area contributed by atoms with E-state index in [-0.39, 0.29) is 37.0 Å². The van der Waals surface area contributed by atoms with Gasteiger partial charge in [-0.2, -0.15) is 18.3 Å². The normalized spacial score (nSPS) is 16.5. The van der Waals surface area contributed by atoms with E-state index in [1.165, 1.54) is 17.2 Å². The minimum atomic E-state index is -4.90. The summed E-state index contributed by atoms with van der Waals surface area (Å²) in [5.41, 5.74) is -3.14. The first-order chi connectivity index (χ1) is 16.4. The molecule has 0 bridgehead atoms. The Morgan fingerprint density at radius 3 is 2.66 bits per heavy atom. The van der Waals surface area contributed by atoms with Gasteiger partial charge < -0.3 is 14.4 Å². The minimum absolute atomic E-state index is 0.0387. The van der Waals surface area contributed by atoms with Crippen molar-refractivity contribution in [3.63, 3.8) is 0 Å². The lowest BCUT2D eigenvalue weighted by atomic mass is 10.2. The molecular formula is C21H28F3N5O5Si. The Hall–Kier alpha value is -3.00. The summed E-state index contributed by atoms with van der Waals surface area (Å²) < 4.78 is 53.6. The third-order valence-corrected chi connectivity index (χ3v) is 7.26. The van der Waals surface area contributed by atoms with Crippen LogP contribution >= 0.6 is 0 Å². The number of nitrogens with zero attached hydrogens (tertiary/aromatic N) is 5. The third-order valence-electron chi connectivity index (χ3n) is 5.56. The van der Waals surface area contributed by atoms with Gasteiger partial charge >= 0.3 is 6.18 Å². The number of alkyl halides is 3. The van der Waals surface area contributed by atoms with E-state index in [1.54, 1.807) is 0 Å². The van der Waals surface area contributed by atoms with Crippen LogP contribution in [-0.4, -0.2) is 53.6 Å². The molecule has 1 fully saturated rings. The number of ether oxygens (including phenoxy) is 2. The fraction of sp³-hybridized carbons (Fsp3) is 0.571. The molecule has 0 aliphatic carbocycles. The van der Waals surface area contributed by atoms with Gasteiger partial charge in [-0.25, -0.2) is 4.68 Å². The zero-order valence-electron chi connectivity index (χ0n) is 19.7. The van der Waals surface area contributed by atoms with Crippen LogP contribution in [0.25, 0.3) is 0 Å². The number of pyridine rings is 1. The van der Waals surface area contributed by atoms with Crippen molar-refractivity contribution >= 4 is 19.4 Å². The number of rotatable bonds is 10. The van der Waals surface area contributed by atoms with Crippen molar-refractivity contribution in [2.45, 2.75) is 57.5 Å². The molecule has 2 aromatic heterocycles. The molecule has 0 radical (unpaired) electrons. The highest BCUT2D eigenvalue weighted by atomic mass is 28.3. The van der Waals surface area contributed by atoms with E-state index < -0.39 is 36.3 Å². The Labute approximate surface area is 200 Å². The maximum atomic E-state index is 14.0. The van der Waals surface area contributed by atoms with Crippen LogP contribution in [-0.2, 0) is 17.6 Å². The average Bonchev–Trinajstić information content (AvgIpc) is 3.23. The Balaban J connectivity index is 1.79. The molecule has 0 unspecified atom stereocenters. The van der Waals surface area contributed by atoms with Crippen molar-refractivity contribution in [2.75, 3.05) is 24.7 Å². The number of halogens is 3. The number of hydrogen-bond acceptors (Lipinski definition) is 8. The zero-order valence-corrected chi connectivity index (χ0v) is 20.7. The van der Waals surface area contributed by atoms with Crippen molar-refractivity contribution < 1.29 is 27.6 Å². The van der Waals surface area contributed by atoms with Crippen LogP contribution in [0.5, 0.6) is 5.75 Å². The largest absolute Gasteiger partial charge is 0.490 e. The SMILES string of the molecule is C[Si](C)(C)CCOCn1ncc(N2CCC[C@H]2COc2cncc([N+](=O)[O-])c2)c(C(F)(F)F)c1=O. The van der Waals surface area contributed by atoms with Gasteiger partial charge in [0.05, 0.1) is 35.1 Å². The van der Waals surface area contributed by atoms with Crippen LogP contribution in [0.15, 0.2) is 29.5 Å². The number of nitro groups is 1. The summed E-state index contributed by atoms with van der Waals surface area (Å²) in [5, 5.41) is 14.9. The molecule has 0 amide bonds. The fourth-order valence-corrected chi connectivity index (χ4v) is 4.45. The van der Waals surface area contributed by atoms with E-state index in [4.69, 9.17) is 9.47 Å². The first kappa shape index (κ1) is 26.6. The molecule has 10 nitrogen and oxygen atoms in total. The van der Waals surface area contributed by atoms with Crippen molar-refractivity contribution in [2.24, 2.45) is 0 Å². The van der Waals surface area contributed by atoms with Gasteiger partial charge in [0.2, 0.25) is 0 Å². The van der Waals surface area contributed by atoms with Crippen LogP contribution in [0.1, 0.15) is 18.4 Å². The first-order valence-corrected chi connectivity index (χ1v) is 14.8. The lowest BCUT2D eigenvalue weighted by Crippen LogP contribution is -2.40. The highest BCUT2D eigenvalue weighted by Gasteiger charge is 2.41. The Morgan fingerprint density at radius 1 is 1.26 bits per heavy atom. The number of aromatic nitrogens is 3. The minimum Gasteiger partial charge on any atom is -0.490 e. The molecule has 0 saturated carbocycles. The molecule has 0 N–H and O–H groups in total. The van der Waals surface area contributed by atoms with Gasteiger partial charge in [0.1, 0.15) is 30.8 Å². The van der Waals surface area contributed by atoms with Gasteiger partial charge in [0, 0.05) is 21.2 Å². The van der Waals surface area contributed by atoms with Crippen molar-refractivity contribution in [1.82, 2.24) is 14.8 Å². The van der Waals surface area contributed by atoms with Crippen LogP contribution in [0.2, 0.25) is 25.7 Å². The molecule has 1 saturated heterocycles. The van der Waals surface area contributed by atoms with Gasteiger partial charge in [-0.05, 0) is 18.9 Å². The summed E-state index contributed by atoms with van der Waals surface area (Å²) in [4.78, 5) is 28.3. The number of anilines is 1. The fourth-order valence-electron chi connectivity index (χ4n) is 3.69. The molecule has 1 atom stereocenters. The van der Waals surface area contributed by atoms with E-state index in [2.05, 4.69) is 29.7 Å². The number of hydrogen-bond donors (Lipinski definition) is 0. The Kier molecular flexibility index (Phi) is 8.15. The zero-order chi connectivity index (χ0) is 25.8. The molecule has 14 heteroatoms. The van der Waals surface area contributed by atoms with Crippen LogP contribution in [0, 0.1) is 10.1 Å². The maximum Gasteiger partial charge on any atom is 0.423 e. The summed E-state index contributed by atoms with van der Waals surface area (Å²) in [7, 11) is -1.39. The van der Waals surface area contributed by atoms with Gasteiger partial charge in [0.15, 0.2) is 0 Å². The smallest absolute Gasteiger partial charge is 0.423 e. The standard InChI is InChI=1S/C21H28F3N5O5Si/c1-35(2,3)8-7-33-14-28-20(30)19(21(22,23)24)18(12-26-28)27-6-4-5-15(27)13-34-17-9-16(29(31)32)10-25-11-17/h9-12,15H,4-8,13-14H2,1-3H3/t15-/m0/s1. The highest BCUT2D eigenvalue weighted by Crippen LogP contribution is 2.36. The van der Waals surface area contributed by atoms with E-state index in [1.807, 2.05) is 0 Å². The van der Waals surface area contributed by atoms with Gasteiger partial charge in [-0.15, -0.1) is 0 Å². The van der Waals surface area contributed by atoms with Gasteiger partial charge in [-0.1, -0.05) is 19.6 Å². The first-order valence-electron chi connectivity index (χ1n) is 11.1. The van der Waals surface area contributed by atoms with E-state index in [0.717, 1.165) is 18.4 Å². The maximum absolute atomic E-state index is 14.0. The summed E-state index contributed by atoms with van der Waals surface area (Å²) in [5.74, 6) is 0.131. The molecule has 0 spiro atoms. The predicted octanol–water partition coefficient (Wildman–Crippen LogP) is 3.93. The van der Waals surface area contributed by atoms with Crippen LogP contribution < -0.4 is 15.2 Å². The van der Waals surface area contributed by atoms with Gasteiger partial charge in [0.25, 0.3) is 11.2 Å². The topological polar surface area (TPSA) is 113 Å². The lowest BCUT2D eigenvalue weighted by Gasteiger charge is -2.29. The van der Waals surface area contributed by atoms with Crippen molar-refractivity contribution in [3.8, 4) is 5.75 Å². The highest BCUT2D eigenvalue weighted by molar-refractivity contribution is 6.76. The Bertz CT molecular complexity index is 1110. The van der Waals surface area contributed by atoms with Gasteiger partial charge in [-0.3, -0.25) is 19.9 Å². The molecule has 3 rings (SSSR count). The molecule has 192 valence electrons. The molecule has 35 heavy (non-hydrogen) atoms. The second-order valence-corrected chi connectivity index (χ2v) is 15.1. The van der Waals surface area contributed by atoms with Crippen molar-refractivity contribution in [1.29, 1.82) is 0 Å². The lowest BCUT2D eigenvalue weighted by molar-refractivity contribution is -0.385. The van der Waals surface area contributed by atoms with Crippen LogP contribution in [0.4, 0.5) is 24.5 Å². The van der Waals surface area contributed by atoms with E-state index >= 15 is 0 Å². The second-order valence-electron chi connectivity index (χ2n) is 9.49. The summed E-state index contributed by atoms with van der Waals surface area (Å²) in [6, 6.07) is 1.51. The summed E-state index contributed by atoms with van der Waals surface area (Å²) in [6.07, 6.45) is -0.394. The summed E-state index contributed by atoms with van der Waals surface area (Å²) in [6.45, 7) is 6.64. The molecule has 2 aromatic rings. The molecule has 1 aliphatic heterocycles. The molecule has 3 heterocycles. The van der Waals surface area contributed by atoms with Crippen LogP contribution in [0.3, 0.4) is 0 Å². The molecule has 0 aromatic carbocycles. The summed E-state index contributed by atoms with van der Waals surface area (Å²) >= 11 is 0. The van der Waals surface area contributed by atoms with E-state index in [9.17, 15) is 28.1 Å². The monoisotopic (exact) mass is 515 g/mol. The van der Waals surface area contributed by atoms with Crippen molar-refractivity contribution in [3.05, 3.63) is 50.7 Å². The quantitative estimate of drug-likeness (QED) is 0.203. The molecular weight excluding hydrogens is 487 g/mol. The molecule has 1 aliphatic rings.